The number of piperidine rings is 1. The molecule has 1 aromatic heterocycles. The Morgan fingerprint density at radius 2 is 2.33 bits per heavy atom. The van der Waals surface area contributed by atoms with Crippen LogP contribution >= 0.6 is 15.9 Å². The molecular weight excluding hydrogens is 294 g/mol. The van der Waals surface area contributed by atoms with E-state index in [0.717, 1.165) is 41.7 Å². The minimum atomic E-state index is -0.0869. The summed E-state index contributed by atoms with van der Waals surface area (Å²) in [5.74, 6) is 1.00. The molecule has 2 heterocycles. The van der Waals surface area contributed by atoms with E-state index in [1.807, 2.05) is 13.0 Å². The number of aryl methyl sites for hydroxylation is 1. The van der Waals surface area contributed by atoms with Crippen molar-refractivity contribution in [3.8, 4) is 0 Å². The Morgan fingerprint density at radius 3 is 3.00 bits per heavy atom. The van der Waals surface area contributed by atoms with E-state index in [2.05, 4.69) is 31.1 Å². The zero-order valence-electron chi connectivity index (χ0n) is 10.7. The molecule has 1 aromatic rings. The van der Waals surface area contributed by atoms with E-state index in [-0.39, 0.29) is 11.9 Å². The molecular formula is C13H18BrN3O. The van der Waals surface area contributed by atoms with Gasteiger partial charge in [0, 0.05) is 24.3 Å². The minimum Gasteiger partial charge on any atom is -0.357 e. The zero-order chi connectivity index (χ0) is 13.1. The van der Waals surface area contributed by atoms with Crippen molar-refractivity contribution in [3.63, 3.8) is 0 Å². The highest BCUT2D eigenvalue weighted by Crippen LogP contribution is 2.27. The summed E-state index contributed by atoms with van der Waals surface area (Å²) in [6.07, 6.45) is 4.91. The number of hydrogen-bond acceptors (Lipinski definition) is 3. The smallest absolute Gasteiger partial charge is 0.242 e. The number of rotatable bonds is 2. The van der Waals surface area contributed by atoms with Gasteiger partial charge in [-0.1, -0.05) is 0 Å². The van der Waals surface area contributed by atoms with Gasteiger partial charge in [0.15, 0.2) is 0 Å². The molecule has 0 aliphatic carbocycles. The summed E-state index contributed by atoms with van der Waals surface area (Å²) in [5, 5.41) is 2.75. The first-order valence-electron chi connectivity index (χ1n) is 6.24. The predicted octanol–water partition coefficient (Wildman–Crippen LogP) is 2.26. The van der Waals surface area contributed by atoms with Gasteiger partial charge in [0.2, 0.25) is 5.91 Å². The molecule has 4 nitrogen and oxygen atoms in total. The number of halogens is 1. The summed E-state index contributed by atoms with van der Waals surface area (Å²) in [7, 11) is 1.69. The summed E-state index contributed by atoms with van der Waals surface area (Å²) in [6.45, 7) is 2.93. The summed E-state index contributed by atoms with van der Waals surface area (Å²) in [4.78, 5) is 18.5. The number of anilines is 1. The lowest BCUT2D eigenvalue weighted by molar-refractivity contribution is -0.122. The average Bonchev–Trinajstić information content (AvgIpc) is 2.38. The molecule has 1 unspecified atom stereocenters. The van der Waals surface area contributed by atoms with Crippen molar-refractivity contribution in [3.05, 3.63) is 22.3 Å². The average molecular weight is 312 g/mol. The van der Waals surface area contributed by atoms with Gasteiger partial charge in [0.25, 0.3) is 0 Å². The SMILES string of the molecule is CNC(=O)C1CCCCN1c1ncc(Br)cc1C. The lowest BCUT2D eigenvalue weighted by Gasteiger charge is -2.36. The molecule has 0 spiro atoms. The third-order valence-electron chi connectivity index (χ3n) is 3.34. The van der Waals surface area contributed by atoms with Crippen LogP contribution in [0.4, 0.5) is 5.82 Å². The predicted molar refractivity (Wildman–Crippen MR) is 75.7 cm³/mol. The zero-order valence-corrected chi connectivity index (χ0v) is 12.3. The van der Waals surface area contributed by atoms with Crippen LogP contribution in [0.5, 0.6) is 0 Å². The van der Waals surface area contributed by atoms with Crippen LogP contribution in [0, 0.1) is 6.92 Å². The molecule has 1 fully saturated rings. The fourth-order valence-electron chi connectivity index (χ4n) is 2.46. The second-order valence-electron chi connectivity index (χ2n) is 4.61. The third kappa shape index (κ3) is 2.66. The second-order valence-corrected chi connectivity index (χ2v) is 5.53. The molecule has 0 saturated carbocycles. The van der Waals surface area contributed by atoms with Crippen LogP contribution < -0.4 is 10.2 Å². The normalized spacial score (nSPS) is 19.7. The van der Waals surface area contributed by atoms with Gasteiger partial charge >= 0.3 is 0 Å². The maximum Gasteiger partial charge on any atom is 0.242 e. The Hall–Kier alpha value is -1.10. The van der Waals surface area contributed by atoms with Gasteiger partial charge in [-0.15, -0.1) is 0 Å². The first-order chi connectivity index (χ1) is 8.63. The van der Waals surface area contributed by atoms with E-state index in [4.69, 9.17) is 0 Å². The van der Waals surface area contributed by atoms with Gasteiger partial charge in [-0.25, -0.2) is 4.98 Å². The summed E-state index contributed by atoms with van der Waals surface area (Å²) in [5.41, 5.74) is 1.10. The number of pyridine rings is 1. The Labute approximate surface area is 116 Å². The van der Waals surface area contributed by atoms with Crippen LogP contribution in [0.2, 0.25) is 0 Å². The number of carbonyl (C=O) groups excluding carboxylic acids is 1. The molecule has 1 N–H and O–H groups in total. The Kier molecular flexibility index (Phi) is 4.22. The fourth-order valence-corrected chi connectivity index (χ4v) is 2.90. The van der Waals surface area contributed by atoms with Gasteiger partial charge < -0.3 is 10.2 Å². The summed E-state index contributed by atoms with van der Waals surface area (Å²) < 4.78 is 0.970. The number of amides is 1. The van der Waals surface area contributed by atoms with E-state index in [1.165, 1.54) is 0 Å². The van der Waals surface area contributed by atoms with E-state index >= 15 is 0 Å². The number of carbonyl (C=O) groups is 1. The van der Waals surface area contributed by atoms with Crippen LogP contribution in [0.15, 0.2) is 16.7 Å². The van der Waals surface area contributed by atoms with E-state index in [1.54, 1.807) is 13.2 Å². The third-order valence-corrected chi connectivity index (χ3v) is 3.77. The molecule has 1 saturated heterocycles. The van der Waals surface area contributed by atoms with Crippen molar-refractivity contribution in [1.29, 1.82) is 0 Å². The van der Waals surface area contributed by atoms with Crippen molar-refractivity contribution in [2.75, 3.05) is 18.5 Å². The van der Waals surface area contributed by atoms with Crippen LogP contribution in [-0.4, -0.2) is 30.5 Å². The highest BCUT2D eigenvalue weighted by atomic mass is 79.9. The van der Waals surface area contributed by atoms with E-state index in [0.29, 0.717) is 0 Å². The van der Waals surface area contributed by atoms with Crippen LogP contribution in [-0.2, 0) is 4.79 Å². The largest absolute Gasteiger partial charge is 0.357 e. The standard InChI is InChI=1S/C13H18BrN3O/c1-9-7-10(14)8-16-12(9)17-6-4-3-5-11(17)13(18)15-2/h7-8,11H,3-6H2,1-2H3,(H,15,18). The quantitative estimate of drug-likeness (QED) is 0.911. The van der Waals surface area contributed by atoms with Gasteiger partial charge in [-0.05, 0) is 53.7 Å². The molecule has 18 heavy (non-hydrogen) atoms. The lowest BCUT2D eigenvalue weighted by Crippen LogP contribution is -2.49. The van der Waals surface area contributed by atoms with Gasteiger partial charge in [0.05, 0.1) is 0 Å². The molecule has 1 atom stereocenters. The first kappa shape index (κ1) is 13.3. The first-order valence-corrected chi connectivity index (χ1v) is 7.03. The molecule has 0 bridgehead atoms. The molecule has 1 amide bonds. The highest BCUT2D eigenvalue weighted by Gasteiger charge is 2.29. The monoisotopic (exact) mass is 311 g/mol. The van der Waals surface area contributed by atoms with Crippen molar-refractivity contribution >= 4 is 27.7 Å². The molecule has 98 valence electrons. The fraction of sp³-hybridized carbons (Fsp3) is 0.538. The number of aromatic nitrogens is 1. The maximum atomic E-state index is 11.9. The van der Waals surface area contributed by atoms with Crippen molar-refractivity contribution in [2.45, 2.75) is 32.2 Å². The molecule has 1 aliphatic rings. The maximum absolute atomic E-state index is 11.9. The molecule has 5 heteroatoms. The molecule has 0 aromatic carbocycles. The van der Waals surface area contributed by atoms with Crippen LogP contribution in [0.1, 0.15) is 24.8 Å². The number of nitrogens with one attached hydrogen (secondary N) is 1. The Balaban J connectivity index is 2.30. The Morgan fingerprint density at radius 1 is 1.56 bits per heavy atom. The van der Waals surface area contributed by atoms with Crippen molar-refractivity contribution < 1.29 is 4.79 Å². The number of likely N-dealkylation sites (N-methyl/N-ethyl adjacent to an activating group) is 1. The van der Waals surface area contributed by atoms with Gasteiger partial charge in [-0.2, -0.15) is 0 Å². The van der Waals surface area contributed by atoms with E-state index in [9.17, 15) is 4.79 Å². The summed E-state index contributed by atoms with van der Waals surface area (Å²) >= 11 is 3.42. The van der Waals surface area contributed by atoms with Gasteiger partial charge in [-0.3, -0.25) is 4.79 Å². The summed E-state index contributed by atoms with van der Waals surface area (Å²) in [6, 6.07) is 1.95. The molecule has 0 radical (unpaired) electrons. The second kappa shape index (κ2) is 5.69. The molecule has 1 aliphatic heterocycles. The van der Waals surface area contributed by atoms with Gasteiger partial charge in [0.1, 0.15) is 11.9 Å². The van der Waals surface area contributed by atoms with Crippen molar-refractivity contribution in [1.82, 2.24) is 10.3 Å². The molecule has 2 rings (SSSR count). The van der Waals surface area contributed by atoms with Crippen molar-refractivity contribution in [2.24, 2.45) is 0 Å². The number of hydrogen-bond donors (Lipinski definition) is 1. The Bertz CT molecular complexity index is 450. The minimum absolute atomic E-state index is 0.0822. The number of nitrogens with zero attached hydrogens (tertiary/aromatic N) is 2. The topological polar surface area (TPSA) is 45.2 Å². The van der Waals surface area contributed by atoms with Crippen LogP contribution in [0.3, 0.4) is 0 Å². The van der Waals surface area contributed by atoms with Crippen LogP contribution in [0.25, 0.3) is 0 Å². The van der Waals surface area contributed by atoms with E-state index < -0.39 is 0 Å². The highest BCUT2D eigenvalue weighted by molar-refractivity contribution is 9.10. The lowest BCUT2D eigenvalue weighted by atomic mass is 10.0.